The number of carboxylic acids is 1. The Hall–Kier alpha value is -1.30. The van der Waals surface area contributed by atoms with E-state index in [1.807, 2.05) is 0 Å². The van der Waals surface area contributed by atoms with E-state index in [2.05, 4.69) is 10.6 Å². The van der Waals surface area contributed by atoms with Gasteiger partial charge in [-0.1, -0.05) is 20.8 Å². The molecule has 0 saturated heterocycles. The number of ether oxygens (including phenoxy) is 1. The molecule has 0 saturated carbocycles. The molecule has 0 spiro atoms. The molecule has 0 aromatic heterocycles. The molecular formula is C12H24N2O4. The van der Waals surface area contributed by atoms with Gasteiger partial charge in [-0.25, -0.2) is 9.59 Å². The monoisotopic (exact) mass is 260 g/mol. The van der Waals surface area contributed by atoms with Crippen LogP contribution in [0, 0.1) is 5.41 Å². The van der Waals surface area contributed by atoms with Crippen molar-refractivity contribution in [3.63, 3.8) is 0 Å². The third-order valence-corrected chi connectivity index (χ3v) is 2.35. The van der Waals surface area contributed by atoms with Gasteiger partial charge >= 0.3 is 12.0 Å². The summed E-state index contributed by atoms with van der Waals surface area (Å²) >= 11 is 0. The van der Waals surface area contributed by atoms with Gasteiger partial charge in [0.25, 0.3) is 0 Å². The number of nitrogens with one attached hydrogen (secondary N) is 2. The van der Waals surface area contributed by atoms with Gasteiger partial charge in [-0.2, -0.15) is 0 Å². The third kappa shape index (κ3) is 5.86. The van der Waals surface area contributed by atoms with E-state index in [0.717, 1.165) is 0 Å². The van der Waals surface area contributed by atoms with Gasteiger partial charge in [-0.15, -0.1) is 0 Å². The Morgan fingerprint density at radius 3 is 2.06 bits per heavy atom. The summed E-state index contributed by atoms with van der Waals surface area (Å²) in [5.41, 5.74) is -1.12. The molecule has 3 N–H and O–H groups in total. The van der Waals surface area contributed by atoms with Gasteiger partial charge in [0.05, 0.1) is 12.1 Å². The van der Waals surface area contributed by atoms with Crippen LogP contribution in [0.5, 0.6) is 0 Å². The van der Waals surface area contributed by atoms with Crippen molar-refractivity contribution in [3.8, 4) is 0 Å². The Morgan fingerprint density at radius 2 is 1.72 bits per heavy atom. The van der Waals surface area contributed by atoms with E-state index in [1.54, 1.807) is 34.6 Å². The maximum Gasteiger partial charge on any atom is 0.326 e. The number of carbonyl (C=O) groups is 2. The fourth-order valence-electron chi connectivity index (χ4n) is 1.52. The summed E-state index contributed by atoms with van der Waals surface area (Å²) in [6.07, 6.45) is 0. The average Bonchev–Trinajstić information content (AvgIpc) is 2.10. The summed E-state index contributed by atoms with van der Waals surface area (Å²) in [4.78, 5) is 22.9. The van der Waals surface area contributed by atoms with Crippen molar-refractivity contribution >= 4 is 12.0 Å². The van der Waals surface area contributed by atoms with Crippen molar-refractivity contribution in [2.45, 2.75) is 46.2 Å². The van der Waals surface area contributed by atoms with E-state index in [9.17, 15) is 9.59 Å². The standard InChI is InChI=1S/C12H24N2O4/c1-11(2,3)8(9(15)16)13-10(17)14-12(4,5)7-18-6/h8H,7H2,1-6H3,(H,15,16)(H2,13,14,17). The van der Waals surface area contributed by atoms with Crippen LogP contribution >= 0.6 is 0 Å². The second-order valence-electron chi connectivity index (χ2n) is 6.05. The smallest absolute Gasteiger partial charge is 0.326 e. The molecule has 1 unspecified atom stereocenters. The Balaban J connectivity index is 4.59. The minimum absolute atomic E-state index is 0.341. The lowest BCUT2D eigenvalue weighted by Gasteiger charge is -2.31. The number of rotatable bonds is 5. The number of urea groups is 1. The van der Waals surface area contributed by atoms with E-state index in [-0.39, 0.29) is 0 Å². The number of hydrogen-bond acceptors (Lipinski definition) is 3. The van der Waals surface area contributed by atoms with Gasteiger partial charge in [0.1, 0.15) is 6.04 Å². The summed E-state index contributed by atoms with van der Waals surface area (Å²) < 4.78 is 4.97. The number of aliphatic carboxylic acids is 1. The molecule has 0 rings (SSSR count). The molecule has 1 atom stereocenters. The molecular weight excluding hydrogens is 236 g/mol. The van der Waals surface area contributed by atoms with Gasteiger partial charge in [0, 0.05) is 7.11 Å². The zero-order chi connectivity index (χ0) is 14.6. The summed E-state index contributed by atoms with van der Waals surface area (Å²) in [6.45, 7) is 9.20. The topological polar surface area (TPSA) is 87.7 Å². The molecule has 0 radical (unpaired) electrons. The Bertz CT molecular complexity index is 308. The van der Waals surface area contributed by atoms with Gasteiger partial charge in [-0.3, -0.25) is 0 Å². The maximum absolute atomic E-state index is 11.8. The van der Waals surface area contributed by atoms with Gasteiger partial charge in [0.15, 0.2) is 0 Å². The third-order valence-electron chi connectivity index (χ3n) is 2.35. The number of methoxy groups -OCH3 is 1. The molecule has 0 aliphatic rings. The fraction of sp³-hybridized carbons (Fsp3) is 0.833. The van der Waals surface area contributed by atoms with Crippen LogP contribution < -0.4 is 10.6 Å². The largest absolute Gasteiger partial charge is 0.480 e. The molecule has 6 nitrogen and oxygen atoms in total. The Kier molecular flexibility index (Phi) is 5.60. The van der Waals surface area contributed by atoms with Crippen LogP contribution in [0.1, 0.15) is 34.6 Å². The van der Waals surface area contributed by atoms with Crippen molar-refractivity contribution in [2.24, 2.45) is 5.41 Å². The first-order chi connectivity index (χ1) is 7.99. The number of carbonyl (C=O) groups excluding carboxylic acids is 1. The van der Waals surface area contributed by atoms with Crippen LogP contribution in [0.2, 0.25) is 0 Å². The van der Waals surface area contributed by atoms with Crippen molar-refractivity contribution in [1.29, 1.82) is 0 Å². The van der Waals surface area contributed by atoms with Crippen LogP contribution in [-0.2, 0) is 9.53 Å². The van der Waals surface area contributed by atoms with Gasteiger partial charge in [0.2, 0.25) is 0 Å². The van der Waals surface area contributed by atoms with Crippen LogP contribution in [0.4, 0.5) is 4.79 Å². The molecule has 0 aromatic rings. The normalized spacial score (nSPS) is 13.9. The molecule has 2 amide bonds. The SMILES string of the molecule is COCC(C)(C)NC(=O)NC(C(=O)O)C(C)(C)C. The molecule has 0 aliphatic carbocycles. The Labute approximate surface area is 108 Å². The highest BCUT2D eigenvalue weighted by Crippen LogP contribution is 2.19. The Morgan fingerprint density at radius 1 is 1.22 bits per heavy atom. The molecule has 18 heavy (non-hydrogen) atoms. The van der Waals surface area contributed by atoms with Gasteiger partial charge in [-0.05, 0) is 19.3 Å². The lowest BCUT2D eigenvalue weighted by molar-refractivity contribution is -0.141. The summed E-state index contributed by atoms with van der Waals surface area (Å²) in [5, 5.41) is 14.2. The van der Waals surface area contributed by atoms with Crippen LogP contribution in [0.25, 0.3) is 0 Å². The zero-order valence-electron chi connectivity index (χ0n) is 12.0. The predicted octanol–water partition coefficient (Wildman–Crippen LogP) is 1.21. The van der Waals surface area contributed by atoms with E-state index >= 15 is 0 Å². The average molecular weight is 260 g/mol. The minimum atomic E-state index is -1.05. The highest BCUT2D eigenvalue weighted by atomic mass is 16.5. The molecule has 0 fully saturated rings. The molecule has 0 heterocycles. The number of carboxylic acid groups (broad SMARTS) is 1. The quantitative estimate of drug-likeness (QED) is 0.693. The summed E-state index contributed by atoms with van der Waals surface area (Å²) in [6, 6.07) is -1.46. The predicted molar refractivity (Wildman–Crippen MR) is 68.5 cm³/mol. The first kappa shape index (κ1) is 16.7. The van der Waals surface area contributed by atoms with Crippen molar-refractivity contribution in [3.05, 3.63) is 0 Å². The molecule has 6 heteroatoms. The second kappa shape index (κ2) is 6.04. The van der Waals surface area contributed by atoms with E-state index < -0.39 is 29.0 Å². The first-order valence-corrected chi connectivity index (χ1v) is 5.80. The lowest BCUT2D eigenvalue weighted by Crippen LogP contribution is -2.57. The fourth-order valence-corrected chi connectivity index (χ4v) is 1.52. The highest BCUT2D eigenvalue weighted by molar-refractivity contribution is 5.83. The minimum Gasteiger partial charge on any atom is -0.480 e. The van der Waals surface area contributed by atoms with E-state index in [1.165, 1.54) is 7.11 Å². The first-order valence-electron chi connectivity index (χ1n) is 5.80. The summed E-state index contributed by atoms with van der Waals surface area (Å²) in [7, 11) is 1.54. The van der Waals surface area contributed by atoms with Crippen molar-refractivity contribution < 1.29 is 19.4 Å². The zero-order valence-corrected chi connectivity index (χ0v) is 12.0. The number of hydrogen-bond donors (Lipinski definition) is 3. The van der Waals surface area contributed by atoms with Crippen LogP contribution in [0.3, 0.4) is 0 Å². The number of amides is 2. The molecule has 0 aromatic carbocycles. The van der Waals surface area contributed by atoms with Crippen LogP contribution in [0.15, 0.2) is 0 Å². The van der Waals surface area contributed by atoms with Crippen molar-refractivity contribution in [2.75, 3.05) is 13.7 Å². The van der Waals surface area contributed by atoms with Gasteiger partial charge < -0.3 is 20.5 Å². The van der Waals surface area contributed by atoms with Crippen LogP contribution in [-0.4, -0.2) is 42.4 Å². The highest BCUT2D eigenvalue weighted by Gasteiger charge is 2.33. The maximum atomic E-state index is 11.8. The molecule has 0 bridgehead atoms. The second-order valence-corrected chi connectivity index (χ2v) is 6.05. The van der Waals surface area contributed by atoms with Crippen molar-refractivity contribution in [1.82, 2.24) is 10.6 Å². The molecule has 0 aliphatic heterocycles. The van der Waals surface area contributed by atoms with E-state index in [4.69, 9.17) is 9.84 Å². The molecule has 106 valence electrons. The lowest BCUT2D eigenvalue weighted by atomic mass is 9.87. The summed E-state index contributed by atoms with van der Waals surface area (Å²) in [5.74, 6) is -1.05. The van der Waals surface area contributed by atoms with E-state index in [0.29, 0.717) is 6.61 Å².